The molecule has 1 atom stereocenters. The van der Waals surface area contributed by atoms with Crippen molar-refractivity contribution in [2.45, 2.75) is 38.1 Å². The van der Waals surface area contributed by atoms with Crippen molar-refractivity contribution in [3.8, 4) is 0 Å². The number of hydrogen-bond acceptors (Lipinski definition) is 3. The van der Waals surface area contributed by atoms with Gasteiger partial charge in [0.15, 0.2) is 0 Å². The van der Waals surface area contributed by atoms with Gasteiger partial charge in [-0.2, -0.15) is 0 Å². The highest BCUT2D eigenvalue weighted by Gasteiger charge is 2.22. The van der Waals surface area contributed by atoms with Crippen molar-refractivity contribution < 1.29 is 5.11 Å². The zero-order valence-corrected chi connectivity index (χ0v) is 9.18. The number of likely N-dealkylation sites (tertiary alicyclic amines) is 1. The topological polar surface area (TPSA) is 72.2 Å². The molecule has 15 heavy (non-hydrogen) atoms. The van der Waals surface area contributed by atoms with Crippen LogP contribution in [-0.4, -0.2) is 42.3 Å². The fourth-order valence-corrected chi connectivity index (χ4v) is 2.23. The fraction of sp³-hybridized carbons (Fsp3) is 1.00. The first kappa shape index (κ1) is 12.3. The monoisotopic (exact) mass is 212 g/mol. The maximum absolute atomic E-state index is 8.79. The van der Waals surface area contributed by atoms with E-state index in [9.17, 15) is 0 Å². The van der Waals surface area contributed by atoms with E-state index in [2.05, 4.69) is 14.9 Å². The molecule has 0 aliphatic carbocycles. The summed E-state index contributed by atoms with van der Waals surface area (Å²) >= 11 is 0. The van der Waals surface area contributed by atoms with E-state index in [-0.39, 0.29) is 0 Å². The van der Waals surface area contributed by atoms with Gasteiger partial charge in [0, 0.05) is 24.1 Å². The van der Waals surface area contributed by atoms with Gasteiger partial charge in [-0.1, -0.05) is 5.11 Å². The van der Waals surface area contributed by atoms with Crippen molar-refractivity contribution in [2.24, 2.45) is 5.11 Å². The summed E-state index contributed by atoms with van der Waals surface area (Å²) in [5.74, 6) is 0. The molecule has 0 saturated carbocycles. The molecule has 5 nitrogen and oxygen atoms in total. The molecule has 1 unspecified atom stereocenters. The van der Waals surface area contributed by atoms with Crippen LogP contribution in [0.25, 0.3) is 10.4 Å². The third-order valence-corrected chi connectivity index (χ3v) is 2.96. The van der Waals surface area contributed by atoms with Crippen LogP contribution in [0.4, 0.5) is 0 Å². The predicted octanol–water partition coefficient (Wildman–Crippen LogP) is 1.92. The SMILES string of the molecule is [N-]=[N+]=NCCCN1CCCC1CCCO. The lowest BCUT2D eigenvalue weighted by atomic mass is 10.1. The van der Waals surface area contributed by atoms with Gasteiger partial charge in [0.2, 0.25) is 0 Å². The van der Waals surface area contributed by atoms with Crippen LogP contribution in [0.15, 0.2) is 5.11 Å². The molecule has 1 N–H and O–H groups in total. The number of azide groups is 1. The summed E-state index contributed by atoms with van der Waals surface area (Å²) in [5.41, 5.74) is 8.14. The molecule has 5 heteroatoms. The van der Waals surface area contributed by atoms with Crippen LogP contribution in [-0.2, 0) is 0 Å². The molecule has 1 heterocycles. The van der Waals surface area contributed by atoms with Crippen LogP contribution < -0.4 is 0 Å². The van der Waals surface area contributed by atoms with E-state index in [0.29, 0.717) is 19.2 Å². The lowest BCUT2D eigenvalue weighted by Crippen LogP contribution is -2.30. The van der Waals surface area contributed by atoms with Crippen LogP contribution in [0, 0.1) is 0 Å². The summed E-state index contributed by atoms with van der Waals surface area (Å²) in [6, 6.07) is 0.642. The van der Waals surface area contributed by atoms with E-state index in [0.717, 1.165) is 32.4 Å². The Kier molecular flexibility index (Phi) is 6.16. The summed E-state index contributed by atoms with van der Waals surface area (Å²) in [6.07, 6.45) is 5.45. The van der Waals surface area contributed by atoms with Gasteiger partial charge in [-0.25, -0.2) is 0 Å². The van der Waals surface area contributed by atoms with E-state index in [1.165, 1.54) is 12.8 Å². The molecular weight excluding hydrogens is 192 g/mol. The molecule has 0 aromatic heterocycles. The number of aliphatic hydroxyl groups excluding tert-OH is 1. The lowest BCUT2D eigenvalue weighted by Gasteiger charge is -2.23. The Morgan fingerprint density at radius 1 is 1.47 bits per heavy atom. The molecule has 1 saturated heterocycles. The third kappa shape index (κ3) is 4.51. The molecule has 0 aromatic rings. The van der Waals surface area contributed by atoms with Crippen LogP contribution in [0.3, 0.4) is 0 Å². The minimum absolute atomic E-state index is 0.295. The molecule has 0 radical (unpaired) electrons. The first-order chi connectivity index (χ1) is 7.38. The normalized spacial score (nSPS) is 21.5. The molecule has 86 valence electrons. The second-order valence-corrected chi connectivity index (χ2v) is 4.01. The number of aliphatic hydroxyl groups is 1. The second kappa shape index (κ2) is 7.51. The summed E-state index contributed by atoms with van der Waals surface area (Å²) in [6.45, 7) is 3.07. The summed E-state index contributed by atoms with van der Waals surface area (Å²) in [5, 5.41) is 12.3. The molecule has 1 fully saturated rings. The smallest absolute Gasteiger partial charge is 0.0431 e. The maximum Gasteiger partial charge on any atom is 0.0431 e. The predicted molar refractivity (Wildman–Crippen MR) is 59.5 cm³/mol. The van der Waals surface area contributed by atoms with Gasteiger partial charge < -0.3 is 10.0 Å². The van der Waals surface area contributed by atoms with Crippen molar-refractivity contribution >= 4 is 0 Å². The minimum Gasteiger partial charge on any atom is -0.396 e. The van der Waals surface area contributed by atoms with Gasteiger partial charge in [0.05, 0.1) is 0 Å². The molecule has 1 aliphatic rings. The van der Waals surface area contributed by atoms with Crippen LogP contribution in [0.5, 0.6) is 0 Å². The Morgan fingerprint density at radius 2 is 2.33 bits per heavy atom. The highest BCUT2D eigenvalue weighted by Crippen LogP contribution is 2.21. The van der Waals surface area contributed by atoms with Crippen LogP contribution in [0.1, 0.15) is 32.1 Å². The zero-order chi connectivity index (χ0) is 10.9. The molecule has 1 aliphatic heterocycles. The van der Waals surface area contributed by atoms with Crippen molar-refractivity contribution in [3.05, 3.63) is 10.4 Å². The van der Waals surface area contributed by atoms with Crippen molar-refractivity contribution in [1.29, 1.82) is 0 Å². The van der Waals surface area contributed by atoms with Crippen molar-refractivity contribution in [1.82, 2.24) is 4.90 Å². The molecular formula is C10H20N4O. The van der Waals surface area contributed by atoms with Crippen molar-refractivity contribution in [3.63, 3.8) is 0 Å². The minimum atomic E-state index is 0.295. The van der Waals surface area contributed by atoms with Gasteiger partial charge >= 0.3 is 0 Å². The van der Waals surface area contributed by atoms with Crippen molar-refractivity contribution in [2.75, 3.05) is 26.2 Å². The Bertz CT molecular complexity index is 215. The highest BCUT2D eigenvalue weighted by molar-refractivity contribution is 4.78. The van der Waals surface area contributed by atoms with Gasteiger partial charge in [-0.15, -0.1) is 0 Å². The molecule has 0 spiro atoms. The number of hydrogen-bond donors (Lipinski definition) is 1. The number of rotatable bonds is 7. The highest BCUT2D eigenvalue weighted by atomic mass is 16.2. The molecule has 0 aromatic carbocycles. The standard InChI is InChI=1S/C10H20N4O/c11-13-12-6-3-8-14-7-1-4-10(14)5-2-9-15/h10,15H,1-9H2. The average Bonchev–Trinajstić information content (AvgIpc) is 2.69. The Hall–Kier alpha value is -0.770. The molecule has 0 bridgehead atoms. The largest absolute Gasteiger partial charge is 0.396 e. The van der Waals surface area contributed by atoms with E-state index in [1.54, 1.807) is 0 Å². The summed E-state index contributed by atoms with van der Waals surface area (Å²) < 4.78 is 0. The Morgan fingerprint density at radius 3 is 3.07 bits per heavy atom. The van der Waals surface area contributed by atoms with Crippen LogP contribution >= 0.6 is 0 Å². The van der Waals surface area contributed by atoms with Gasteiger partial charge in [0.25, 0.3) is 0 Å². The van der Waals surface area contributed by atoms with Gasteiger partial charge in [0.1, 0.15) is 0 Å². The average molecular weight is 212 g/mol. The van der Waals surface area contributed by atoms with Crippen LogP contribution in [0.2, 0.25) is 0 Å². The maximum atomic E-state index is 8.79. The number of nitrogens with zero attached hydrogens (tertiary/aromatic N) is 4. The first-order valence-electron chi connectivity index (χ1n) is 5.74. The van der Waals surface area contributed by atoms with E-state index < -0.39 is 0 Å². The first-order valence-corrected chi connectivity index (χ1v) is 5.74. The van der Waals surface area contributed by atoms with E-state index in [4.69, 9.17) is 10.6 Å². The Labute approximate surface area is 90.7 Å². The summed E-state index contributed by atoms with van der Waals surface area (Å²) in [7, 11) is 0. The second-order valence-electron chi connectivity index (χ2n) is 4.01. The summed E-state index contributed by atoms with van der Waals surface area (Å²) in [4.78, 5) is 5.20. The van der Waals surface area contributed by atoms with E-state index >= 15 is 0 Å². The molecule has 1 rings (SSSR count). The fourth-order valence-electron chi connectivity index (χ4n) is 2.23. The molecule has 0 amide bonds. The van der Waals surface area contributed by atoms with E-state index in [1.807, 2.05) is 0 Å². The zero-order valence-electron chi connectivity index (χ0n) is 9.18. The third-order valence-electron chi connectivity index (χ3n) is 2.96. The van der Waals surface area contributed by atoms with Gasteiger partial charge in [-0.3, -0.25) is 0 Å². The van der Waals surface area contributed by atoms with Gasteiger partial charge in [-0.05, 0) is 50.7 Å². The quantitative estimate of drug-likeness (QED) is 0.303. The lowest BCUT2D eigenvalue weighted by molar-refractivity contribution is 0.215. The Balaban J connectivity index is 2.17.